The topological polar surface area (TPSA) is 12.5 Å². The minimum atomic E-state index is -0.645. The Labute approximate surface area is 539 Å². The third-order valence-corrected chi connectivity index (χ3v) is 20.7. The summed E-state index contributed by atoms with van der Waals surface area (Å²) in [6.45, 7) is 7.50. The van der Waals surface area contributed by atoms with E-state index in [4.69, 9.17) is 4.74 Å². The Bertz CT molecular complexity index is 4470. The first-order valence-electron chi connectivity index (χ1n) is 33.5. The Hall–Kier alpha value is -9.76. The van der Waals surface area contributed by atoms with Gasteiger partial charge in [0, 0.05) is 17.1 Å². The normalized spacial score (nSPS) is 15.3. The van der Waals surface area contributed by atoms with Crippen molar-refractivity contribution < 1.29 is 4.74 Å². The smallest absolute Gasteiger partial charge is 0.119 e. The summed E-state index contributed by atoms with van der Waals surface area (Å²) in [7, 11) is 0. The van der Waals surface area contributed by atoms with Crippen molar-refractivity contribution in [3.8, 4) is 39.1 Å². The van der Waals surface area contributed by atoms with Crippen LogP contribution >= 0.6 is 0 Å². The largest absolute Gasteiger partial charge is 0.489 e. The fraction of sp³-hybridized carbons (Fsp3) is 0.191. The highest BCUT2D eigenvalue weighted by atomic mass is 16.5. The summed E-state index contributed by atoms with van der Waals surface area (Å²) < 4.78 is 6.72. The fourth-order valence-corrected chi connectivity index (χ4v) is 15.8. The number of hydrogen-bond donors (Lipinski definition) is 0. The fourth-order valence-electron chi connectivity index (χ4n) is 15.8. The molecule has 0 fully saturated rings. The van der Waals surface area contributed by atoms with Crippen LogP contribution in [0, 0.1) is 0 Å². The third kappa shape index (κ3) is 10.4. The number of benzene rings is 12. The molecule has 3 aliphatic rings. The van der Waals surface area contributed by atoms with Gasteiger partial charge >= 0.3 is 0 Å². The Balaban J connectivity index is 0.767. The van der Waals surface area contributed by atoms with E-state index in [0.29, 0.717) is 18.4 Å². The summed E-state index contributed by atoms with van der Waals surface area (Å²) >= 11 is 0. The third-order valence-electron chi connectivity index (χ3n) is 20.7. The maximum Gasteiger partial charge on any atom is 0.119 e. The second kappa shape index (κ2) is 24.9. The van der Waals surface area contributed by atoms with E-state index < -0.39 is 10.8 Å². The minimum absolute atomic E-state index is 0.426. The zero-order valence-corrected chi connectivity index (χ0v) is 52.8. The van der Waals surface area contributed by atoms with Gasteiger partial charge in [0.05, 0.1) is 10.8 Å². The molecule has 3 aliphatic carbocycles. The van der Waals surface area contributed by atoms with Crippen LogP contribution < -0.4 is 9.64 Å². The van der Waals surface area contributed by atoms with Crippen LogP contribution in [-0.2, 0) is 36.7 Å². The molecule has 0 spiro atoms. The number of ether oxygens (including phenoxy) is 1. The molecule has 0 heterocycles. The van der Waals surface area contributed by atoms with E-state index >= 15 is 0 Å². The van der Waals surface area contributed by atoms with Gasteiger partial charge in [-0.25, -0.2) is 0 Å². The van der Waals surface area contributed by atoms with Gasteiger partial charge in [-0.2, -0.15) is 0 Å². The van der Waals surface area contributed by atoms with Gasteiger partial charge in [-0.05, 0) is 210 Å². The highest BCUT2D eigenvalue weighted by Crippen LogP contribution is 2.60. The minimum Gasteiger partial charge on any atom is -0.489 e. The molecule has 0 saturated heterocycles. The molecule has 12 aromatic rings. The molecule has 15 rings (SSSR count). The lowest BCUT2D eigenvalue weighted by atomic mass is 9.67. The second-order valence-corrected chi connectivity index (χ2v) is 25.9. The van der Waals surface area contributed by atoms with Gasteiger partial charge in [0.2, 0.25) is 0 Å². The van der Waals surface area contributed by atoms with Crippen LogP contribution in [0.1, 0.15) is 149 Å². The van der Waals surface area contributed by atoms with Gasteiger partial charge in [0.1, 0.15) is 12.4 Å². The molecule has 2 heteroatoms. The van der Waals surface area contributed by atoms with Gasteiger partial charge < -0.3 is 9.64 Å². The van der Waals surface area contributed by atoms with E-state index in [1.165, 1.54) is 144 Å². The molecule has 2 nitrogen and oxygen atoms in total. The van der Waals surface area contributed by atoms with Gasteiger partial charge in [0.25, 0.3) is 0 Å². The number of hydrogen-bond acceptors (Lipinski definition) is 2. The molecule has 0 aliphatic heterocycles. The summed E-state index contributed by atoms with van der Waals surface area (Å²) in [6, 6.07) is 110. The number of aryl methyl sites for hydroxylation is 3. The van der Waals surface area contributed by atoms with Crippen molar-refractivity contribution in [3.05, 3.63) is 369 Å². The summed E-state index contributed by atoms with van der Waals surface area (Å²) in [5.74, 6) is 1.78. The lowest BCUT2D eigenvalue weighted by Crippen LogP contribution is -2.29. The quantitative estimate of drug-likeness (QED) is 0.0665. The molecule has 0 amide bonds. The van der Waals surface area contributed by atoms with E-state index in [1.807, 2.05) is 0 Å². The Kier molecular flexibility index (Phi) is 15.8. The molecule has 91 heavy (non-hydrogen) atoms. The molecule has 3 atom stereocenters. The molecule has 3 unspecified atom stereocenters. The van der Waals surface area contributed by atoms with Crippen LogP contribution in [0.5, 0.6) is 5.75 Å². The zero-order valence-electron chi connectivity index (χ0n) is 52.8. The molecule has 0 radical (unpaired) electrons. The van der Waals surface area contributed by atoms with Crippen molar-refractivity contribution in [1.82, 2.24) is 0 Å². The summed E-state index contributed by atoms with van der Waals surface area (Å²) in [5, 5.41) is 0. The molecule has 0 saturated carbocycles. The first kappa shape index (κ1) is 57.7. The van der Waals surface area contributed by atoms with Crippen molar-refractivity contribution in [2.75, 3.05) is 4.90 Å². The van der Waals surface area contributed by atoms with E-state index in [0.717, 1.165) is 47.6 Å². The zero-order chi connectivity index (χ0) is 61.3. The summed E-state index contributed by atoms with van der Waals surface area (Å²) in [5.41, 5.74) is 28.3. The molecule has 12 aromatic carbocycles. The number of unbranched alkanes of at least 4 members (excludes halogenated alkanes) is 3. The average Bonchev–Trinajstić information content (AvgIpc) is 1.58. The predicted octanol–water partition coefficient (Wildman–Crippen LogP) is 23.0. The van der Waals surface area contributed by atoms with Crippen LogP contribution in [0.2, 0.25) is 0 Å². The monoisotopic (exact) mass is 1180 g/mol. The van der Waals surface area contributed by atoms with E-state index in [2.05, 4.69) is 317 Å². The number of fused-ring (bicyclic) bond motifs is 7. The molecule has 0 bridgehead atoms. The molecular formula is C89H79NO. The van der Waals surface area contributed by atoms with Gasteiger partial charge in [-0.15, -0.1) is 0 Å². The summed E-state index contributed by atoms with van der Waals surface area (Å²) in [4.78, 5) is 2.48. The van der Waals surface area contributed by atoms with Crippen molar-refractivity contribution in [2.45, 2.75) is 108 Å². The highest BCUT2D eigenvalue weighted by molar-refractivity contribution is 5.92. The predicted molar refractivity (Wildman–Crippen MR) is 380 cm³/mol. The Morgan fingerprint density at radius 1 is 0.385 bits per heavy atom. The van der Waals surface area contributed by atoms with Gasteiger partial charge in [-0.3, -0.25) is 0 Å². The number of para-hydroxylation sites is 1. The average molecular weight is 1180 g/mol. The van der Waals surface area contributed by atoms with Crippen molar-refractivity contribution in [2.24, 2.45) is 0 Å². The van der Waals surface area contributed by atoms with Crippen molar-refractivity contribution in [3.63, 3.8) is 0 Å². The van der Waals surface area contributed by atoms with Gasteiger partial charge in [-0.1, -0.05) is 283 Å². The lowest BCUT2D eigenvalue weighted by molar-refractivity contribution is 0.306. The maximum atomic E-state index is 6.72. The van der Waals surface area contributed by atoms with Crippen LogP contribution in [0.15, 0.2) is 291 Å². The van der Waals surface area contributed by atoms with Crippen molar-refractivity contribution in [1.29, 1.82) is 0 Å². The second-order valence-electron chi connectivity index (χ2n) is 25.9. The molecular weight excluding hydrogens is 1100 g/mol. The summed E-state index contributed by atoms with van der Waals surface area (Å²) in [6.07, 6.45) is 10.7. The molecule has 446 valence electrons. The van der Waals surface area contributed by atoms with Crippen LogP contribution in [0.25, 0.3) is 33.4 Å². The Morgan fingerprint density at radius 3 is 1.43 bits per heavy atom. The van der Waals surface area contributed by atoms with E-state index in [1.54, 1.807) is 0 Å². The SMILES string of the molecule is CCCCCCc1ccc(C2(c3ccc(OCc4ccc(C(C)CC(CC)c5ccc(-c6ccc7c(c6)CC7)cc5)cc4)cc3)c3ccccc3-c3ccc(N(c4ccccc4)c4ccc5c(c4)C(c4ccccc4)(c4ccccc4)c4ccccc4-5)cc32)cc1. The Morgan fingerprint density at radius 2 is 0.879 bits per heavy atom. The molecule has 0 N–H and O–H groups in total. The van der Waals surface area contributed by atoms with E-state index in [9.17, 15) is 0 Å². The van der Waals surface area contributed by atoms with E-state index in [-0.39, 0.29) is 0 Å². The van der Waals surface area contributed by atoms with Crippen LogP contribution in [-0.4, -0.2) is 0 Å². The maximum absolute atomic E-state index is 6.72. The van der Waals surface area contributed by atoms with Crippen LogP contribution in [0.3, 0.4) is 0 Å². The lowest BCUT2D eigenvalue weighted by Gasteiger charge is -2.36. The first-order chi connectivity index (χ1) is 44.9. The number of nitrogens with zero attached hydrogens (tertiary/aromatic N) is 1. The van der Waals surface area contributed by atoms with Crippen molar-refractivity contribution >= 4 is 17.1 Å². The molecule has 0 aromatic heterocycles. The highest BCUT2D eigenvalue weighted by Gasteiger charge is 2.48. The van der Waals surface area contributed by atoms with Crippen LogP contribution in [0.4, 0.5) is 17.1 Å². The number of rotatable bonds is 21. The number of anilines is 3. The first-order valence-corrected chi connectivity index (χ1v) is 33.5. The standard InChI is InChI=1S/C89H79NO/c1-4-6-7-11-22-63-35-47-74(48-36-63)89(75-49-53-79(54-50-75)91-61-64-33-37-66(38-34-64)62(3)57-65(5-2)67-39-41-68(42-40-67)70-45-43-69-44-46-71(69)58-70)85-32-21-19-30-81(85)83-56-52-78(60-87(83)89)90(76-27-16-10-17-28-76)77-51-55-82-80-29-18-20-31-84(80)88(86(82)59-77,72-23-12-8-13-24-72)73-25-14-9-15-26-73/h8-10,12-21,23-43,45,47-56,58-60,62,65H,4-7,11,22,44,46,57,61H2,1-3H3. The van der Waals surface area contributed by atoms with Gasteiger partial charge in [0.15, 0.2) is 0 Å².